The fourth-order valence-corrected chi connectivity index (χ4v) is 4.28. The number of anilines is 2. The first-order valence-electron chi connectivity index (χ1n) is 10.5. The number of hydrogen-bond acceptors (Lipinski definition) is 5. The average Bonchev–Trinajstić information content (AvgIpc) is 2.79. The summed E-state index contributed by atoms with van der Waals surface area (Å²) in [5.41, 5.74) is 7.67. The third-order valence-corrected chi connectivity index (χ3v) is 6.36. The summed E-state index contributed by atoms with van der Waals surface area (Å²) in [7, 11) is 0. The van der Waals surface area contributed by atoms with Crippen LogP contribution in [0.25, 0.3) is 0 Å². The van der Waals surface area contributed by atoms with Crippen molar-refractivity contribution >= 4 is 34.8 Å². The predicted molar refractivity (Wildman–Crippen MR) is 131 cm³/mol. The van der Waals surface area contributed by atoms with E-state index in [1.54, 1.807) is 11.8 Å². The number of para-hydroxylation sites is 1. The number of nitrogens with zero attached hydrogens (tertiary/aromatic N) is 1. The number of nitrogens with one attached hydrogen (secondary N) is 2. The zero-order chi connectivity index (χ0) is 22.7. The topological polar surface area (TPSA) is 62.7 Å². The highest BCUT2D eigenvalue weighted by atomic mass is 32.2. The predicted octanol–water partition coefficient (Wildman–Crippen LogP) is 6.11. The Labute approximate surface area is 193 Å². The largest absolute Gasteiger partial charge is 0.484 e. The van der Waals surface area contributed by atoms with Crippen LogP contribution in [0.1, 0.15) is 38.8 Å². The number of carbonyl (C=O) groups excluding carboxylic acids is 1. The van der Waals surface area contributed by atoms with Gasteiger partial charge in [-0.3, -0.25) is 4.79 Å². The van der Waals surface area contributed by atoms with Gasteiger partial charge in [-0.1, -0.05) is 62.9 Å². The molecule has 2 N–H and O–H groups in total. The van der Waals surface area contributed by atoms with Crippen molar-refractivity contribution in [1.29, 1.82) is 0 Å². The van der Waals surface area contributed by atoms with Crippen molar-refractivity contribution in [2.24, 2.45) is 5.10 Å². The van der Waals surface area contributed by atoms with Gasteiger partial charge in [-0.2, -0.15) is 5.10 Å². The Kier molecular flexibility index (Phi) is 6.24. The molecule has 0 saturated carbocycles. The van der Waals surface area contributed by atoms with E-state index in [4.69, 9.17) is 4.74 Å². The number of rotatable bonds is 5. The van der Waals surface area contributed by atoms with E-state index in [1.807, 2.05) is 49.4 Å². The zero-order valence-corrected chi connectivity index (χ0v) is 19.5. The minimum atomic E-state index is -0.301. The fraction of sp³-hybridized carbons (Fsp3) is 0.231. The second-order valence-corrected chi connectivity index (χ2v) is 9.81. The molecule has 0 aliphatic carbocycles. The van der Waals surface area contributed by atoms with E-state index in [9.17, 15) is 4.79 Å². The highest BCUT2D eigenvalue weighted by Gasteiger charge is 2.16. The average molecular weight is 446 g/mol. The highest BCUT2D eigenvalue weighted by Crippen LogP contribution is 2.44. The lowest BCUT2D eigenvalue weighted by atomic mass is 9.87. The van der Waals surface area contributed by atoms with E-state index in [0.717, 1.165) is 27.5 Å². The maximum Gasteiger partial charge on any atom is 0.277 e. The SMILES string of the molecule is C/C(=N\NC(=O)COc1ccc(C(C)(C)C)cc1)c1ccc2c(c1)Nc1ccccc1S2. The molecule has 0 fully saturated rings. The van der Waals surface area contributed by atoms with E-state index in [0.29, 0.717) is 5.75 Å². The van der Waals surface area contributed by atoms with Gasteiger partial charge in [0.1, 0.15) is 5.75 Å². The van der Waals surface area contributed by atoms with Crippen molar-refractivity contribution in [3.63, 3.8) is 0 Å². The van der Waals surface area contributed by atoms with Gasteiger partial charge in [0, 0.05) is 9.79 Å². The van der Waals surface area contributed by atoms with E-state index < -0.39 is 0 Å². The second-order valence-electron chi connectivity index (χ2n) is 8.73. The first-order valence-corrected chi connectivity index (χ1v) is 11.4. The zero-order valence-electron chi connectivity index (χ0n) is 18.7. The van der Waals surface area contributed by atoms with Crippen molar-refractivity contribution in [2.45, 2.75) is 42.9 Å². The van der Waals surface area contributed by atoms with Crippen LogP contribution in [0.2, 0.25) is 0 Å². The van der Waals surface area contributed by atoms with Crippen molar-refractivity contribution < 1.29 is 9.53 Å². The molecule has 1 aliphatic rings. The van der Waals surface area contributed by atoms with Crippen molar-refractivity contribution in [3.05, 3.63) is 77.9 Å². The molecule has 4 rings (SSSR count). The first-order chi connectivity index (χ1) is 15.3. The summed E-state index contributed by atoms with van der Waals surface area (Å²) in [6.07, 6.45) is 0. The van der Waals surface area contributed by atoms with Crippen LogP contribution >= 0.6 is 11.8 Å². The standard InChI is InChI=1S/C26H27N3O2S/c1-17(18-9-14-24-22(15-18)27-21-7-5-6-8-23(21)32-24)28-29-25(30)16-31-20-12-10-19(11-13-20)26(2,3)4/h5-15,27H,16H2,1-4H3,(H,29,30)/b28-17+. The van der Waals surface area contributed by atoms with Gasteiger partial charge in [-0.05, 0) is 59.9 Å². The Morgan fingerprint density at radius 2 is 1.72 bits per heavy atom. The molecule has 0 atom stereocenters. The van der Waals surface area contributed by atoms with Gasteiger partial charge in [-0.25, -0.2) is 5.43 Å². The molecule has 1 aliphatic heterocycles. The quantitative estimate of drug-likeness (QED) is 0.287. The van der Waals surface area contributed by atoms with Crippen LogP contribution in [-0.2, 0) is 10.2 Å². The number of hydrogen-bond donors (Lipinski definition) is 2. The Hall–Kier alpha value is -3.25. The van der Waals surface area contributed by atoms with E-state index in [-0.39, 0.29) is 17.9 Å². The lowest BCUT2D eigenvalue weighted by Crippen LogP contribution is -2.25. The number of hydrazone groups is 1. The molecular formula is C26H27N3O2S. The molecule has 6 heteroatoms. The maximum absolute atomic E-state index is 12.2. The summed E-state index contributed by atoms with van der Waals surface area (Å²) in [5.74, 6) is 0.359. The van der Waals surface area contributed by atoms with Gasteiger partial charge < -0.3 is 10.1 Å². The van der Waals surface area contributed by atoms with Crippen LogP contribution in [0.5, 0.6) is 5.75 Å². The maximum atomic E-state index is 12.2. The molecule has 0 saturated heterocycles. The second kappa shape index (κ2) is 9.09. The lowest BCUT2D eigenvalue weighted by Gasteiger charge is -2.21. The molecule has 164 valence electrons. The lowest BCUT2D eigenvalue weighted by molar-refractivity contribution is -0.123. The Bertz CT molecular complexity index is 1160. The van der Waals surface area contributed by atoms with Gasteiger partial charge in [-0.15, -0.1) is 0 Å². The molecule has 0 unspecified atom stereocenters. The monoisotopic (exact) mass is 445 g/mol. The Balaban J connectivity index is 1.34. The van der Waals surface area contributed by atoms with Crippen LogP contribution in [0.4, 0.5) is 11.4 Å². The molecule has 0 aromatic heterocycles. The molecule has 0 radical (unpaired) electrons. The van der Waals surface area contributed by atoms with Crippen molar-refractivity contribution in [1.82, 2.24) is 5.43 Å². The summed E-state index contributed by atoms with van der Waals surface area (Å²) in [4.78, 5) is 14.6. The molecule has 1 heterocycles. The van der Waals surface area contributed by atoms with E-state index in [2.05, 4.69) is 60.9 Å². The van der Waals surface area contributed by atoms with E-state index in [1.165, 1.54) is 10.5 Å². The normalized spacial score (nSPS) is 12.9. The van der Waals surface area contributed by atoms with Crippen LogP contribution < -0.4 is 15.5 Å². The summed E-state index contributed by atoms with van der Waals surface area (Å²) in [6.45, 7) is 8.26. The van der Waals surface area contributed by atoms with Crippen molar-refractivity contribution in [2.75, 3.05) is 11.9 Å². The van der Waals surface area contributed by atoms with E-state index >= 15 is 0 Å². The van der Waals surface area contributed by atoms with Gasteiger partial charge in [0.2, 0.25) is 0 Å². The van der Waals surface area contributed by atoms with Crippen LogP contribution in [0.3, 0.4) is 0 Å². The van der Waals surface area contributed by atoms with Crippen molar-refractivity contribution in [3.8, 4) is 5.75 Å². The molecule has 3 aromatic carbocycles. The fourth-order valence-electron chi connectivity index (χ4n) is 3.31. The third-order valence-electron chi connectivity index (χ3n) is 5.21. The molecule has 5 nitrogen and oxygen atoms in total. The molecule has 3 aromatic rings. The van der Waals surface area contributed by atoms with Gasteiger partial charge in [0.05, 0.1) is 17.1 Å². The number of ether oxygens (including phenoxy) is 1. The number of amides is 1. The summed E-state index contributed by atoms with van der Waals surface area (Å²) in [6, 6.07) is 22.2. The minimum absolute atomic E-state index is 0.0798. The smallest absolute Gasteiger partial charge is 0.277 e. The van der Waals surface area contributed by atoms with Gasteiger partial charge in [0.25, 0.3) is 5.91 Å². The molecule has 0 bridgehead atoms. The Morgan fingerprint density at radius 1 is 1.00 bits per heavy atom. The highest BCUT2D eigenvalue weighted by molar-refractivity contribution is 7.99. The first kappa shape index (κ1) is 22.0. The number of benzene rings is 3. The molecular weight excluding hydrogens is 418 g/mol. The molecule has 32 heavy (non-hydrogen) atoms. The van der Waals surface area contributed by atoms with Crippen LogP contribution in [0, 0.1) is 0 Å². The Morgan fingerprint density at radius 3 is 2.47 bits per heavy atom. The minimum Gasteiger partial charge on any atom is -0.484 e. The summed E-state index contributed by atoms with van der Waals surface area (Å²) < 4.78 is 5.59. The van der Waals surface area contributed by atoms with Crippen LogP contribution in [-0.4, -0.2) is 18.2 Å². The summed E-state index contributed by atoms with van der Waals surface area (Å²) in [5, 5.41) is 7.72. The van der Waals surface area contributed by atoms with Gasteiger partial charge in [0.15, 0.2) is 6.61 Å². The summed E-state index contributed by atoms with van der Waals surface area (Å²) >= 11 is 1.74. The number of carbonyl (C=O) groups is 1. The molecule has 0 spiro atoms. The van der Waals surface area contributed by atoms with Crippen LogP contribution in [0.15, 0.2) is 81.6 Å². The van der Waals surface area contributed by atoms with Gasteiger partial charge >= 0.3 is 0 Å². The number of fused-ring (bicyclic) bond motifs is 2. The molecule has 1 amide bonds. The third kappa shape index (κ3) is 5.14.